The van der Waals surface area contributed by atoms with Gasteiger partial charge in [-0.2, -0.15) is 0 Å². The molecule has 0 spiro atoms. The van der Waals surface area contributed by atoms with Crippen molar-refractivity contribution in [2.45, 2.75) is 31.3 Å². The molecule has 5 nitrogen and oxygen atoms in total. The third kappa shape index (κ3) is 3.69. The van der Waals surface area contributed by atoms with Crippen molar-refractivity contribution in [2.75, 3.05) is 12.3 Å². The SMILES string of the molecule is CCC(O)CNS(=O)(=O)c1cc(N)ccc1C. The van der Waals surface area contributed by atoms with Gasteiger partial charge >= 0.3 is 0 Å². The molecule has 0 aliphatic rings. The second-order valence-electron chi connectivity index (χ2n) is 3.94. The topological polar surface area (TPSA) is 92.4 Å². The molecular weight excluding hydrogens is 240 g/mol. The summed E-state index contributed by atoms with van der Waals surface area (Å²) in [5.74, 6) is 0. The number of hydrogen-bond donors (Lipinski definition) is 3. The van der Waals surface area contributed by atoms with Gasteiger partial charge in [-0.1, -0.05) is 13.0 Å². The molecule has 0 aliphatic carbocycles. The minimum atomic E-state index is -3.61. The Kier molecular flexibility index (Phi) is 4.50. The minimum Gasteiger partial charge on any atom is -0.399 e. The standard InChI is InChI=1S/C11H18N2O3S/c1-3-10(14)7-13-17(15,16)11-6-9(12)5-4-8(11)2/h4-6,10,13-14H,3,7,12H2,1-2H3. The Bertz CT molecular complexity index is 485. The van der Waals surface area contributed by atoms with Crippen molar-refractivity contribution in [3.8, 4) is 0 Å². The molecule has 0 aliphatic heterocycles. The number of nitrogens with two attached hydrogens (primary N) is 1. The van der Waals surface area contributed by atoms with E-state index in [1.54, 1.807) is 26.0 Å². The van der Waals surface area contributed by atoms with Crippen molar-refractivity contribution in [1.29, 1.82) is 0 Å². The first-order valence-corrected chi connectivity index (χ1v) is 6.89. The maximum atomic E-state index is 11.9. The number of aliphatic hydroxyl groups is 1. The number of nitrogen functional groups attached to an aromatic ring is 1. The smallest absolute Gasteiger partial charge is 0.240 e. The summed E-state index contributed by atoms with van der Waals surface area (Å²) in [5, 5.41) is 9.34. The highest BCUT2D eigenvalue weighted by Crippen LogP contribution is 2.17. The fourth-order valence-corrected chi connectivity index (χ4v) is 2.68. The van der Waals surface area contributed by atoms with Gasteiger partial charge in [0.25, 0.3) is 0 Å². The lowest BCUT2D eigenvalue weighted by Crippen LogP contribution is -2.32. The summed E-state index contributed by atoms with van der Waals surface area (Å²) in [7, 11) is -3.61. The van der Waals surface area contributed by atoms with E-state index in [-0.39, 0.29) is 11.4 Å². The fraction of sp³-hybridized carbons (Fsp3) is 0.455. The number of aryl methyl sites for hydroxylation is 1. The van der Waals surface area contributed by atoms with Crippen LogP contribution in [0.3, 0.4) is 0 Å². The van der Waals surface area contributed by atoms with E-state index < -0.39 is 16.1 Å². The van der Waals surface area contributed by atoms with Crippen LogP contribution in [0.15, 0.2) is 23.1 Å². The molecule has 4 N–H and O–H groups in total. The Morgan fingerprint density at radius 2 is 2.12 bits per heavy atom. The van der Waals surface area contributed by atoms with E-state index in [0.717, 1.165) is 0 Å². The molecule has 0 saturated carbocycles. The van der Waals surface area contributed by atoms with E-state index in [1.165, 1.54) is 6.07 Å². The van der Waals surface area contributed by atoms with Crippen LogP contribution in [0.2, 0.25) is 0 Å². The first-order valence-electron chi connectivity index (χ1n) is 5.40. The maximum absolute atomic E-state index is 11.9. The van der Waals surface area contributed by atoms with Gasteiger partial charge in [-0.05, 0) is 31.0 Å². The molecule has 1 rings (SSSR count). The van der Waals surface area contributed by atoms with Crippen molar-refractivity contribution in [2.24, 2.45) is 0 Å². The monoisotopic (exact) mass is 258 g/mol. The maximum Gasteiger partial charge on any atom is 0.240 e. The van der Waals surface area contributed by atoms with Gasteiger partial charge < -0.3 is 10.8 Å². The van der Waals surface area contributed by atoms with Crippen molar-refractivity contribution < 1.29 is 13.5 Å². The number of rotatable bonds is 5. The summed E-state index contributed by atoms with van der Waals surface area (Å²) < 4.78 is 26.3. The Morgan fingerprint density at radius 3 is 2.71 bits per heavy atom. The molecule has 0 heterocycles. The minimum absolute atomic E-state index is 0.00702. The number of nitrogens with one attached hydrogen (secondary N) is 1. The van der Waals surface area contributed by atoms with E-state index in [2.05, 4.69) is 4.72 Å². The Labute approximate surface area is 102 Å². The van der Waals surface area contributed by atoms with Crippen LogP contribution in [-0.4, -0.2) is 26.2 Å². The molecule has 96 valence electrons. The largest absolute Gasteiger partial charge is 0.399 e. The van der Waals surface area contributed by atoms with Crippen LogP contribution in [0.1, 0.15) is 18.9 Å². The summed E-state index contributed by atoms with van der Waals surface area (Å²) in [6, 6.07) is 4.71. The van der Waals surface area contributed by atoms with Crippen LogP contribution in [0.25, 0.3) is 0 Å². The second-order valence-corrected chi connectivity index (χ2v) is 5.67. The molecule has 1 aromatic rings. The molecule has 0 radical (unpaired) electrons. The van der Waals surface area contributed by atoms with Crippen LogP contribution >= 0.6 is 0 Å². The van der Waals surface area contributed by atoms with E-state index in [4.69, 9.17) is 5.73 Å². The highest BCUT2D eigenvalue weighted by atomic mass is 32.2. The number of hydrogen-bond acceptors (Lipinski definition) is 4. The molecule has 1 unspecified atom stereocenters. The highest BCUT2D eigenvalue weighted by molar-refractivity contribution is 7.89. The fourth-order valence-electron chi connectivity index (χ4n) is 1.33. The number of aliphatic hydroxyl groups excluding tert-OH is 1. The Balaban J connectivity index is 2.93. The van der Waals surface area contributed by atoms with Gasteiger partial charge in [0.15, 0.2) is 0 Å². The Hall–Kier alpha value is -1.11. The lowest BCUT2D eigenvalue weighted by atomic mass is 10.2. The van der Waals surface area contributed by atoms with E-state index in [0.29, 0.717) is 17.7 Å². The number of benzene rings is 1. The predicted molar refractivity (Wildman–Crippen MR) is 67.1 cm³/mol. The second kappa shape index (κ2) is 5.48. The summed E-state index contributed by atoms with van der Waals surface area (Å²) in [4.78, 5) is 0.154. The lowest BCUT2D eigenvalue weighted by Gasteiger charge is -2.12. The van der Waals surface area contributed by atoms with E-state index in [9.17, 15) is 13.5 Å². The van der Waals surface area contributed by atoms with Gasteiger partial charge in [0, 0.05) is 12.2 Å². The van der Waals surface area contributed by atoms with Crippen molar-refractivity contribution in [3.05, 3.63) is 23.8 Å². The van der Waals surface area contributed by atoms with Gasteiger partial charge in [0.1, 0.15) is 0 Å². The quantitative estimate of drug-likeness (QED) is 0.675. The molecule has 0 bridgehead atoms. The zero-order chi connectivity index (χ0) is 13.1. The average Bonchev–Trinajstić information content (AvgIpc) is 2.29. The van der Waals surface area contributed by atoms with Crippen molar-refractivity contribution in [3.63, 3.8) is 0 Å². The zero-order valence-corrected chi connectivity index (χ0v) is 10.8. The predicted octanol–water partition coefficient (Wildman–Crippen LogP) is 0.626. The molecule has 0 amide bonds. The molecule has 6 heteroatoms. The van der Waals surface area contributed by atoms with Gasteiger partial charge in [-0.3, -0.25) is 0 Å². The van der Waals surface area contributed by atoms with Gasteiger partial charge in [-0.25, -0.2) is 13.1 Å². The molecule has 1 atom stereocenters. The molecular formula is C11H18N2O3S. The van der Waals surface area contributed by atoms with Gasteiger partial charge in [0.2, 0.25) is 10.0 Å². The summed E-state index contributed by atoms with van der Waals surface area (Å²) >= 11 is 0. The number of anilines is 1. The van der Waals surface area contributed by atoms with Crippen molar-refractivity contribution >= 4 is 15.7 Å². The lowest BCUT2D eigenvalue weighted by molar-refractivity contribution is 0.174. The first kappa shape index (κ1) is 14.0. The van der Waals surface area contributed by atoms with Crippen LogP contribution < -0.4 is 10.5 Å². The van der Waals surface area contributed by atoms with E-state index >= 15 is 0 Å². The van der Waals surface area contributed by atoms with Crippen LogP contribution in [0.4, 0.5) is 5.69 Å². The summed E-state index contributed by atoms with van der Waals surface area (Å²) in [6.07, 6.45) is -0.176. The molecule has 17 heavy (non-hydrogen) atoms. The normalized spacial score (nSPS) is 13.6. The van der Waals surface area contributed by atoms with Crippen LogP contribution in [-0.2, 0) is 10.0 Å². The van der Waals surface area contributed by atoms with Gasteiger partial charge in [-0.15, -0.1) is 0 Å². The summed E-state index contributed by atoms with van der Waals surface area (Å²) in [6.45, 7) is 3.49. The Morgan fingerprint density at radius 1 is 1.47 bits per heavy atom. The van der Waals surface area contributed by atoms with E-state index in [1.807, 2.05) is 0 Å². The molecule has 1 aromatic carbocycles. The van der Waals surface area contributed by atoms with Crippen LogP contribution in [0.5, 0.6) is 0 Å². The third-order valence-electron chi connectivity index (χ3n) is 2.48. The average molecular weight is 258 g/mol. The highest BCUT2D eigenvalue weighted by Gasteiger charge is 2.17. The number of sulfonamides is 1. The van der Waals surface area contributed by atoms with Gasteiger partial charge in [0.05, 0.1) is 11.0 Å². The molecule has 0 aromatic heterocycles. The molecule has 0 saturated heterocycles. The van der Waals surface area contributed by atoms with Crippen molar-refractivity contribution in [1.82, 2.24) is 4.72 Å². The summed E-state index contributed by atoms with van der Waals surface area (Å²) in [5.41, 5.74) is 6.58. The van der Waals surface area contributed by atoms with Crippen LogP contribution in [0, 0.1) is 6.92 Å². The third-order valence-corrected chi connectivity index (χ3v) is 4.05. The molecule has 0 fully saturated rings. The zero-order valence-electron chi connectivity index (χ0n) is 9.97. The first-order chi connectivity index (χ1) is 7.86.